The first kappa shape index (κ1) is 52.2. The molecule has 0 spiro atoms. The summed E-state index contributed by atoms with van der Waals surface area (Å²) in [6.45, 7) is 22.4. The van der Waals surface area contributed by atoms with Crippen LogP contribution < -0.4 is 48.0 Å². The predicted molar refractivity (Wildman–Crippen MR) is 149 cm³/mol. The number of hydrogen-bond acceptors (Lipinski definition) is 2. The molecule has 2 N–H and O–H groups in total. The van der Waals surface area contributed by atoms with Crippen molar-refractivity contribution in [2.75, 3.05) is 25.7 Å². The first-order valence-corrected chi connectivity index (χ1v) is 17.7. The molecule has 0 aliphatic rings. The van der Waals surface area contributed by atoms with Crippen LogP contribution in [0, 0.1) is 0 Å². The van der Waals surface area contributed by atoms with Gasteiger partial charge < -0.3 is 58.2 Å². The molecule has 18 heteroatoms. The topological polar surface area (TPSA) is 40.5 Å². The number of halogens is 14. The number of alkyl halides is 12. The van der Waals surface area contributed by atoms with Gasteiger partial charge in [-0.1, -0.05) is 0 Å². The highest BCUT2D eigenvalue weighted by Gasteiger charge is 2.77. The summed E-state index contributed by atoms with van der Waals surface area (Å²) >= 11 is 0. The molecule has 44 heavy (non-hydrogen) atoms. The van der Waals surface area contributed by atoms with Crippen molar-refractivity contribution in [1.82, 2.24) is 0 Å². The Hall–Kier alpha value is 1.40. The van der Waals surface area contributed by atoms with Crippen LogP contribution in [0.3, 0.4) is 0 Å². The normalized spacial score (nSPS) is 15.5. The van der Waals surface area contributed by atoms with Gasteiger partial charge in [-0.25, -0.2) is 0 Å². The molecule has 0 rings (SSSR count). The van der Waals surface area contributed by atoms with Crippen LogP contribution in [-0.4, -0.2) is 92.4 Å². The molecule has 0 heterocycles. The maximum Gasteiger partial charge on any atom is 0.429 e. The quantitative estimate of drug-likeness (QED) is 0.253. The van der Waals surface area contributed by atoms with Gasteiger partial charge >= 0.3 is 24.7 Å². The summed E-state index contributed by atoms with van der Waals surface area (Å²) in [5.41, 5.74) is -9.35. The Labute approximate surface area is 289 Å². The molecule has 0 aromatic rings. The highest BCUT2D eigenvalue weighted by molar-refractivity contribution is 7.78. The molecule has 0 aromatic heterocycles. The number of aliphatic hydroxyl groups is 2. The van der Waals surface area contributed by atoms with E-state index in [1.54, 1.807) is 83.1 Å². The van der Waals surface area contributed by atoms with Crippen molar-refractivity contribution in [3.05, 3.63) is 0 Å². The van der Waals surface area contributed by atoms with E-state index < -0.39 is 83.4 Å². The van der Waals surface area contributed by atoms with Gasteiger partial charge in [0.2, 0.25) is 0 Å². The lowest BCUT2D eigenvalue weighted by Gasteiger charge is -2.48. The molecule has 0 saturated carbocycles. The number of rotatable bonds is 4. The molecule has 0 fully saturated rings. The average Bonchev–Trinajstić information content (AvgIpc) is 2.60. The van der Waals surface area contributed by atoms with Crippen molar-refractivity contribution in [1.29, 1.82) is 0 Å². The van der Waals surface area contributed by atoms with Gasteiger partial charge in [0.05, 0.1) is 34.0 Å². The molecular weight excluding hydrogens is 888 g/mol. The summed E-state index contributed by atoms with van der Waals surface area (Å²) in [5.74, 6) is 0. The lowest BCUT2D eigenvalue weighted by molar-refractivity contribution is -0.359. The van der Waals surface area contributed by atoms with E-state index >= 15 is 0 Å². The molecular formula is C26H48F12I2O2P2. The summed E-state index contributed by atoms with van der Waals surface area (Å²) < 4.78 is 155. The van der Waals surface area contributed by atoms with Crippen molar-refractivity contribution in [3.63, 3.8) is 0 Å². The smallest absolute Gasteiger partial charge is 0.429 e. The van der Waals surface area contributed by atoms with Gasteiger partial charge in [0.1, 0.15) is 12.3 Å². The van der Waals surface area contributed by atoms with Crippen molar-refractivity contribution in [2.24, 2.45) is 0 Å². The fourth-order valence-corrected chi connectivity index (χ4v) is 13.0. The lowest BCUT2D eigenvalue weighted by atomic mass is 10.1. The molecule has 0 radical (unpaired) electrons. The van der Waals surface area contributed by atoms with Crippen LogP contribution in [0.1, 0.15) is 83.1 Å². The maximum absolute atomic E-state index is 13.0. The molecule has 0 aliphatic heterocycles. The summed E-state index contributed by atoms with van der Waals surface area (Å²) in [6, 6.07) is 0. The first-order chi connectivity index (χ1) is 17.4. The van der Waals surface area contributed by atoms with Gasteiger partial charge in [0.15, 0.2) is 0 Å². The molecule has 2 nitrogen and oxygen atoms in total. The third kappa shape index (κ3) is 10.7. The fraction of sp³-hybridized carbons (Fsp3) is 1.00. The van der Waals surface area contributed by atoms with E-state index in [0.717, 1.165) is 0 Å². The molecule has 0 saturated heterocycles. The third-order valence-corrected chi connectivity index (χ3v) is 22.9. The third-order valence-electron chi connectivity index (χ3n) is 8.89. The van der Waals surface area contributed by atoms with Crippen molar-refractivity contribution in [3.8, 4) is 0 Å². The van der Waals surface area contributed by atoms with Crippen LogP contribution >= 0.6 is 14.5 Å². The highest BCUT2D eigenvalue weighted by atomic mass is 127. The largest absolute Gasteiger partial charge is 1.00 e. The van der Waals surface area contributed by atoms with Crippen molar-refractivity contribution in [2.45, 2.75) is 140 Å². The Morgan fingerprint density at radius 1 is 0.364 bits per heavy atom. The predicted octanol–water partition coefficient (Wildman–Crippen LogP) is 4.18. The monoisotopic (exact) mass is 936 g/mol. The van der Waals surface area contributed by atoms with Gasteiger partial charge in [0, 0.05) is 14.5 Å². The molecule has 0 atom stereocenters. The van der Waals surface area contributed by atoms with E-state index in [2.05, 4.69) is 0 Å². The lowest BCUT2D eigenvalue weighted by Crippen LogP contribution is -3.00. The maximum atomic E-state index is 13.0. The van der Waals surface area contributed by atoms with Gasteiger partial charge in [-0.3, -0.25) is 0 Å². The van der Waals surface area contributed by atoms with Crippen LogP contribution in [0.2, 0.25) is 0 Å². The van der Waals surface area contributed by atoms with E-state index in [1.165, 1.54) is 13.3 Å². The Morgan fingerprint density at radius 2 is 0.477 bits per heavy atom. The second kappa shape index (κ2) is 14.7. The van der Waals surface area contributed by atoms with Gasteiger partial charge in [0.25, 0.3) is 11.2 Å². The van der Waals surface area contributed by atoms with Gasteiger partial charge in [-0.05, 0) is 83.1 Å². The summed E-state index contributed by atoms with van der Waals surface area (Å²) in [7, 11) is -5.68. The Bertz CT molecular complexity index is 702. The van der Waals surface area contributed by atoms with E-state index in [-0.39, 0.29) is 48.0 Å². The second-order valence-electron chi connectivity index (χ2n) is 15.1. The Morgan fingerprint density at radius 3 is 0.545 bits per heavy atom. The summed E-state index contributed by atoms with van der Waals surface area (Å²) in [5, 5.41) is 16.0. The SMILES string of the molecule is CC(C)(C)[P+](C)(CC(O)(C(F)(F)F)C(F)(F)F)C(C)(C)C.CC(C)(C)[P+](C)(CC(O)(C(F)(F)F)C(F)(F)F)C(C)(C)C.[I-].[I-]. The highest BCUT2D eigenvalue weighted by Crippen LogP contribution is 2.77. The van der Waals surface area contributed by atoms with E-state index in [1.807, 2.05) is 0 Å². The standard InChI is InChI=1S/2C13H24F6OP.2HI/c2*1-9(2,3)21(7,10(4,5)6)8-11(20,12(14,15)16)13(17,18)19;;/h2*20H,8H2,1-7H3;2*1H/q2*+1;;/p-2. The average molecular weight is 936 g/mol. The van der Waals surface area contributed by atoms with Gasteiger partial charge in [-0.2, -0.15) is 52.7 Å². The zero-order valence-corrected chi connectivity index (χ0v) is 33.6. The van der Waals surface area contributed by atoms with Crippen LogP contribution in [0.5, 0.6) is 0 Å². The fourth-order valence-electron chi connectivity index (χ4n) is 4.56. The summed E-state index contributed by atoms with van der Waals surface area (Å²) in [6.07, 6.45) is -25.7. The van der Waals surface area contributed by atoms with Crippen LogP contribution in [0.4, 0.5) is 52.7 Å². The molecule has 0 bridgehead atoms. The molecule has 0 amide bonds. The van der Waals surface area contributed by atoms with E-state index in [4.69, 9.17) is 0 Å². The van der Waals surface area contributed by atoms with Crippen LogP contribution in [0.25, 0.3) is 0 Å². The number of hydrogen-bond donors (Lipinski definition) is 2. The van der Waals surface area contributed by atoms with E-state index in [9.17, 15) is 62.9 Å². The molecule has 0 unspecified atom stereocenters. The second-order valence-corrected chi connectivity index (χ2v) is 25.9. The van der Waals surface area contributed by atoms with Crippen molar-refractivity contribution < 1.29 is 111 Å². The minimum Gasteiger partial charge on any atom is -1.00 e. The first-order valence-electron chi connectivity index (χ1n) is 12.8. The molecule has 0 aliphatic carbocycles. The Kier molecular flexibility index (Phi) is 17.5. The Balaban J connectivity index is -0.000000348. The van der Waals surface area contributed by atoms with E-state index in [0.29, 0.717) is 0 Å². The zero-order chi connectivity index (χ0) is 35.4. The zero-order valence-electron chi connectivity index (χ0n) is 27.5. The molecule has 272 valence electrons. The minimum absolute atomic E-state index is 0. The minimum atomic E-state index is -5.76. The van der Waals surface area contributed by atoms with Crippen LogP contribution in [-0.2, 0) is 0 Å². The van der Waals surface area contributed by atoms with Crippen molar-refractivity contribution >= 4 is 14.5 Å². The van der Waals surface area contributed by atoms with Crippen LogP contribution in [0.15, 0.2) is 0 Å². The van der Waals surface area contributed by atoms with Gasteiger partial charge in [-0.15, -0.1) is 0 Å². The molecule has 0 aromatic carbocycles. The summed E-state index contributed by atoms with van der Waals surface area (Å²) in [4.78, 5) is 0.